The van der Waals surface area contributed by atoms with Crippen molar-refractivity contribution in [3.8, 4) is 0 Å². The molecule has 0 aromatic heterocycles. The van der Waals surface area contributed by atoms with Crippen LogP contribution in [0.3, 0.4) is 0 Å². The van der Waals surface area contributed by atoms with Gasteiger partial charge in [-0.25, -0.2) is 0 Å². The molecule has 0 saturated carbocycles. The summed E-state index contributed by atoms with van der Waals surface area (Å²) in [5.41, 5.74) is 2.51. The summed E-state index contributed by atoms with van der Waals surface area (Å²) in [6.07, 6.45) is 0. The average Bonchev–Trinajstić information content (AvgIpc) is 2.61. The summed E-state index contributed by atoms with van der Waals surface area (Å²) in [5, 5.41) is 7.92. The molecule has 0 saturated heterocycles. The van der Waals surface area contributed by atoms with Crippen LogP contribution in [0.1, 0.15) is 33.2 Å². The van der Waals surface area contributed by atoms with Crippen LogP contribution in [-0.2, 0) is 4.79 Å². The Kier molecular flexibility index (Phi) is 6.28. The van der Waals surface area contributed by atoms with Crippen molar-refractivity contribution in [3.63, 3.8) is 0 Å². The van der Waals surface area contributed by atoms with Gasteiger partial charge in [0.1, 0.15) is 0 Å². The summed E-state index contributed by atoms with van der Waals surface area (Å²) in [7, 11) is 0. The van der Waals surface area contributed by atoms with Crippen molar-refractivity contribution in [2.75, 3.05) is 18.4 Å². The van der Waals surface area contributed by atoms with E-state index in [1.807, 2.05) is 26.0 Å². The topological polar surface area (TPSA) is 87.3 Å². The largest absolute Gasteiger partial charge is 0.352 e. The Labute approximate surface area is 146 Å². The molecule has 6 heteroatoms. The average molecular weight is 339 g/mol. The fraction of sp³-hybridized carbons (Fsp3) is 0.211. The van der Waals surface area contributed by atoms with Crippen LogP contribution in [-0.4, -0.2) is 30.8 Å². The van der Waals surface area contributed by atoms with Gasteiger partial charge in [0.15, 0.2) is 0 Å². The van der Waals surface area contributed by atoms with Crippen molar-refractivity contribution in [2.45, 2.75) is 13.8 Å². The molecule has 0 radical (unpaired) electrons. The highest BCUT2D eigenvalue weighted by Gasteiger charge is 2.09. The number of hydrogen-bond donors (Lipinski definition) is 3. The number of carbonyl (C=O) groups is 3. The lowest BCUT2D eigenvalue weighted by Crippen LogP contribution is -2.32. The first-order valence-corrected chi connectivity index (χ1v) is 8.02. The van der Waals surface area contributed by atoms with Gasteiger partial charge < -0.3 is 16.0 Å². The number of rotatable bonds is 6. The van der Waals surface area contributed by atoms with Crippen LogP contribution in [0.25, 0.3) is 0 Å². The van der Waals surface area contributed by atoms with Crippen LogP contribution in [0.5, 0.6) is 0 Å². The zero-order valence-corrected chi connectivity index (χ0v) is 14.3. The quantitative estimate of drug-likeness (QED) is 0.753. The van der Waals surface area contributed by atoms with E-state index in [0.717, 1.165) is 5.56 Å². The lowest BCUT2D eigenvalue weighted by atomic mass is 10.1. The van der Waals surface area contributed by atoms with E-state index in [9.17, 15) is 14.4 Å². The van der Waals surface area contributed by atoms with Gasteiger partial charge in [-0.1, -0.05) is 23.8 Å². The van der Waals surface area contributed by atoms with Crippen LogP contribution in [0.15, 0.2) is 48.5 Å². The number of anilines is 1. The van der Waals surface area contributed by atoms with Crippen LogP contribution >= 0.6 is 0 Å². The second kappa shape index (κ2) is 8.63. The molecule has 0 heterocycles. The van der Waals surface area contributed by atoms with Crippen molar-refractivity contribution in [2.24, 2.45) is 0 Å². The predicted molar refractivity (Wildman–Crippen MR) is 96.6 cm³/mol. The molecule has 6 nitrogen and oxygen atoms in total. The Balaban J connectivity index is 1.90. The molecule has 25 heavy (non-hydrogen) atoms. The lowest BCUT2D eigenvalue weighted by molar-refractivity contribution is -0.115. The summed E-state index contributed by atoms with van der Waals surface area (Å²) >= 11 is 0. The zero-order chi connectivity index (χ0) is 18.2. The van der Waals surface area contributed by atoms with E-state index in [0.29, 0.717) is 23.4 Å². The van der Waals surface area contributed by atoms with Gasteiger partial charge in [-0.15, -0.1) is 0 Å². The molecule has 2 aromatic carbocycles. The highest BCUT2D eigenvalue weighted by atomic mass is 16.2. The van der Waals surface area contributed by atoms with Crippen molar-refractivity contribution in [1.82, 2.24) is 10.6 Å². The van der Waals surface area contributed by atoms with Crippen LogP contribution < -0.4 is 16.0 Å². The first kappa shape index (κ1) is 18.2. The maximum Gasteiger partial charge on any atom is 0.251 e. The molecular weight excluding hydrogens is 318 g/mol. The second-order valence-electron chi connectivity index (χ2n) is 5.54. The highest BCUT2D eigenvalue weighted by Crippen LogP contribution is 2.10. The van der Waals surface area contributed by atoms with Gasteiger partial charge >= 0.3 is 0 Å². The third-order valence-corrected chi connectivity index (χ3v) is 3.47. The van der Waals surface area contributed by atoms with Crippen LogP contribution in [0.2, 0.25) is 0 Å². The minimum absolute atomic E-state index is 0.155. The first-order valence-electron chi connectivity index (χ1n) is 8.02. The fourth-order valence-corrected chi connectivity index (χ4v) is 2.17. The number of benzene rings is 2. The molecule has 0 unspecified atom stereocenters. The molecule has 0 aliphatic heterocycles. The van der Waals surface area contributed by atoms with E-state index in [-0.39, 0.29) is 24.3 Å². The third kappa shape index (κ3) is 5.46. The van der Waals surface area contributed by atoms with Gasteiger partial charge in [-0.3, -0.25) is 14.4 Å². The molecular formula is C19H21N3O3. The molecule has 3 amide bonds. The van der Waals surface area contributed by atoms with Crippen molar-refractivity contribution in [1.29, 1.82) is 0 Å². The van der Waals surface area contributed by atoms with Gasteiger partial charge in [0.05, 0.1) is 6.54 Å². The molecule has 0 aliphatic carbocycles. The van der Waals surface area contributed by atoms with E-state index < -0.39 is 0 Å². The minimum atomic E-state index is -0.367. The number of hydrogen-bond acceptors (Lipinski definition) is 3. The van der Waals surface area contributed by atoms with Gasteiger partial charge in [0, 0.05) is 23.4 Å². The van der Waals surface area contributed by atoms with Crippen molar-refractivity contribution >= 4 is 23.4 Å². The molecule has 2 rings (SSSR count). The predicted octanol–water partition coefficient (Wildman–Crippen LogP) is 2.11. The van der Waals surface area contributed by atoms with Gasteiger partial charge in [-0.2, -0.15) is 0 Å². The fourth-order valence-electron chi connectivity index (χ4n) is 2.17. The molecule has 0 atom stereocenters. The van der Waals surface area contributed by atoms with Crippen LogP contribution in [0.4, 0.5) is 5.69 Å². The van der Waals surface area contributed by atoms with Gasteiger partial charge in [-0.05, 0) is 44.2 Å². The van der Waals surface area contributed by atoms with E-state index >= 15 is 0 Å². The first-order chi connectivity index (χ1) is 12.0. The molecule has 130 valence electrons. The van der Waals surface area contributed by atoms with Crippen LogP contribution in [0, 0.1) is 6.92 Å². The van der Waals surface area contributed by atoms with E-state index in [2.05, 4.69) is 16.0 Å². The number of carbonyl (C=O) groups excluding carboxylic acids is 3. The Bertz CT molecular complexity index is 770. The molecule has 0 fully saturated rings. The zero-order valence-electron chi connectivity index (χ0n) is 14.3. The smallest absolute Gasteiger partial charge is 0.251 e. The normalized spacial score (nSPS) is 10.0. The number of aryl methyl sites for hydroxylation is 1. The molecule has 0 bridgehead atoms. The monoisotopic (exact) mass is 339 g/mol. The third-order valence-electron chi connectivity index (χ3n) is 3.47. The Hall–Kier alpha value is -3.15. The Morgan fingerprint density at radius 2 is 1.56 bits per heavy atom. The Morgan fingerprint density at radius 1 is 0.880 bits per heavy atom. The summed E-state index contributed by atoms with van der Waals surface area (Å²) in [6.45, 7) is 4.14. The van der Waals surface area contributed by atoms with E-state index in [1.54, 1.807) is 36.4 Å². The summed E-state index contributed by atoms with van der Waals surface area (Å²) < 4.78 is 0. The maximum atomic E-state index is 12.0. The molecule has 3 N–H and O–H groups in total. The standard InChI is InChI=1S/C19H21N3O3/c1-3-20-19(25)15-5-4-6-16(11-15)22-17(23)12-21-18(24)14-9-7-13(2)8-10-14/h4-11H,3,12H2,1-2H3,(H,20,25)(H,21,24)(H,22,23). The minimum Gasteiger partial charge on any atom is -0.352 e. The Morgan fingerprint density at radius 3 is 2.24 bits per heavy atom. The number of amides is 3. The maximum absolute atomic E-state index is 12.0. The second-order valence-corrected chi connectivity index (χ2v) is 5.54. The molecule has 0 spiro atoms. The summed E-state index contributed by atoms with van der Waals surface area (Å²) in [5.74, 6) is -0.883. The summed E-state index contributed by atoms with van der Waals surface area (Å²) in [6, 6.07) is 13.7. The van der Waals surface area contributed by atoms with Crippen molar-refractivity contribution in [3.05, 3.63) is 65.2 Å². The highest BCUT2D eigenvalue weighted by molar-refractivity contribution is 6.00. The molecule has 0 aliphatic rings. The van der Waals surface area contributed by atoms with Gasteiger partial charge in [0.2, 0.25) is 5.91 Å². The summed E-state index contributed by atoms with van der Waals surface area (Å²) in [4.78, 5) is 35.8. The number of nitrogens with one attached hydrogen (secondary N) is 3. The van der Waals surface area contributed by atoms with Gasteiger partial charge in [0.25, 0.3) is 11.8 Å². The van der Waals surface area contributed by atoms with E-state index in [1.165, 1.54) is 0 Å². The van der Waals surface area contributed by atoms with Crippen molar-refractivity contribution < 1.29 is 14.4 Å². The van der Waals surface area contributed by atoms with E-state index in [4.69, 9.17) is 0 Å². The SMILES string of the molecule is CCNC(=O)c1cccc(NC(=O)CNC(=O)c2ccc(C)cc2)c1. The molecule has 2 aromatic rings. The lowest BCUT2D eigenvalue weighted by Gasteiger charge is -2.09.